The SMILES string of the molecule is CC(C)(C)c1cnc(/C=C/c2cnc(NC(=O)Nc3ccc(C4CNCCO4)nc3)s2)o1. The third-order valence-corrected chi connectivity index (χ3v) is 5.58. The molecule has 1 saturated heterocycles. The fourth-order valence-electron chi connectivity index (χ4n) is 2.97. The van der Waals surface area contributed by atoms with E-state index >= 15 is 0 Å². The second-order valence-electron chi connectivity index (χ2n) is 8.33. The summed E-state index contributed by atoms with van der Waals surface area (Å²) < 4.78 is 11.4. The summed E-state index contributed by atoms with van der Waals surface area (Å²) in [6, 6.07) is 3.27. The molecule has 3 aromatic rings. The van der Waals surface area contributed by atoms with Gasteiger partial charge in [0.15, 0.2) is 5.13 Å². The Hall–Kier alpha value is -3.08. The molecule has 2 amide bonds. The standard InChI is InChI=1S/C22H26N6O3S/c1-22(2,3)18-13-25-19(31-18)7-5-15-11-26-21(32-15)28-20(29)27-14-4-6-16(24-10-14)17-12-23-8-9-30-17/h4-7,10-11,13,17,23H,8-9,12H2,1-3H3,(H2,26,27,28,29)/b7-5+. The summed E-state index contributed by atoms with van der Waals surface area (Å²) in [5, 5.41) is 9.25. The van der Waals surface area contributed by atoms with E-state index in [0.717, 1.165) is 29.4 Å². The average Bonchev–Trinajstić information content (AvgIpc) is 3.43. The highest BCUT2D eigenvalue weighted by molar-refractivity contribution is 7.16. The van der Waals surface area contributed by atoms with Crippen molar-refractivity contribution in [2.24, 2.45) is 0 Å². The average molecular weight is 455 g/mol. The highest BCUT2D eigenvalue weighted by atomic mass is 32.1. The van der Waals surface area contributed by atoms with Gasteiger partial charge in [0.1, 0.15) is 11.9 Å². The normalized spacial score (nSPS) is 16.9. The van der Waals surface area contributed by atoms with Crippen LogP contribution < -0.4 is 16.0 Å². The number of nitrogens with zero attached hydrogens (tertiary/aromatic N) is 3. The number of anilines is 2. The lowest BCUT2D eigenvalue weighted by Gasteiger charge is -2.23. The van der Waals surface area contributed by atoms with Gasteiger partial charge in [-0.1, -0.05) is 32.1 Å². The van der Waals surface area contributed by atoms with Crippen LogP contribution in [0.4, 0.5) is 15.6 Å². The Morgan fingerprint density at radius 1 is 1.16 bits per heavy atom. The first-order valence-electron chi connectivity index (χ1n) is 10.3. The molecule has 1 atom stereocenters. The van der Waals surface area contributed by atoms with Gasteiger partial charge < -0.3 is 19.8 Å². The van der Waals surface area contributed by atoms with Crippen LogP contribution in [0.5, 0.6) is 0 Å². The molecule has 9 nitrogen and oxygen atoms in total. The van der Waals surface area contributed by atoms with E-state index in [9.17, 15) is 4.79 Å². The van der Waals surface area contributed by atoms with Crippen LogP contribution in [0.25, 0.3) is 12.2 Å². The fraction of sp³-hybridized carbons (Fsp3) is 0.364. The van der Waals surface area contributed by atoms with E-state index in [2.05, 4.69) is 51.7 Å². The second kappa shape index (κ2) is 9.60. The number of carbonyl (C=O) groups is 1. The molecule has 3 aromatic heterocycles. The Kier molecular flexibility index (Phi) is 6.63. The van der Waals surface area contributed by atoms with Crippen molar-refractivity contribution in [1.29, 1.82) is 0 Å². The maximum absolute atomic E-state index is 12.3. The number of carbonyl (C=O) groups excluding carboxylic acids is 1. The monoisotopic (exact) mass is 454 g/mol. The van der Waals surface area contributed by atoms with Crippen LogP contribution in [0.15, 0.2) is 35.1 Å². The topological polar surface area (TPSA) is 114 Å². The largest absolute Gasteiger partial charge is 0.441 e. The Labute approximate surface area is 190 Å². The summed E-state index contributed by atoms with van der Waals surface area (Å²) >= 11 is 1.35. The Balaban J connectivity index is 1.30. The van der Waals surface area contributed by atoms with Crippen molar-refractivity contribution in [3.8, 4) is 0 Å². The molecular formula is C22H26N6O3S. The molecule has 0 spiro atoms. The molecule has 0 aromatic carbocycles. The molecule has 0 radical (unpaired) electrons. The molecule has 1 aliphatic rings. The van der Waals surface area contributed by atoms with Crippen LogP contribution in [0, 0.1) is 0 Å². The molecule has 32 heavy (non-hydrogen) atoms. The van der Waals surface area contributed by atoms with Crippen LogP contribution in [-0.2, 0) is 10.2 Å². The van der Waals surface area contributed by atoms with Gasteiger partial charge in [-0.25, -0.2) is 14.8 Å². The van der Waals surface area contributed by atoms with Gasteiger partial charge in [0.2, 0.25) is 5.89 Å². The minimum atomic E-state index is -0.387. The van der Waals surface area contributed by atoms with Gasteiger partial charge in [-0.3, -0.25) is 10.3 Å². The van der Waals surface area contributed by atoms with Gasteiger partial charge in [-0.05, 0) is 18.2 Å². The zero-order valence-corrected chi connectivity index (χ0v) is 19.0. The first-order valence-corrected chi connectivity index (χ1v) is 11.1. The number of ether oxygens (including phenoxy) is 1. The minimum absolute atomic E-state index is 0.0650. The predicted molar refractivity (Wildman–Crippen MR) is 125 cm³/mol. The number of thiazole rings is 1. The molecule has 4 heterocycles. The first kappa shape index (κ1) is 22.1. The van der Waals surface area contributed by atoms with E-state index in [4.69, 9.17) is 9.15 Å². The van der Waals surface area contributed by atoms with Crippen molar-refractivity contribution in [2.45, 2.75) is 32.3 Å². The second-order valence-corrected chi connectivity index (χ2v) is 9.39. The van der Waals surface area contributed by atoms with Crippen LogP contribution >= 0.6 is 11.3 Å². The zero-order chi connectivity index (χ0) is 22.6. The van der Waals surface area contributed by atoms with Crippen molar-refractivity contribution in [2.75, 3.05) is 30.3 Å². The number of amides is 2. The third-order valence-electron chi connectivity index (χ3n) is 4.70. The Morgan fingerprint density at radius 2 is 2.03 bits per heavy atom. The Bertz CT molecular complexity index is 1080. The van der Waals surface area contributed by atoms with E-state index in [1.165, 1.54) is 11.3 Å². The number of oxazole rings is 1. The number of hydrogen-bond acceptors (Lipinski definition) is 8. The highest BCUT2D eigenvalue weighted by Gasteiger charge is 2.19. The van der Waals surface area contributed by atoms with Gasteiger partial charge in [-0.15, -0.1) is 0 Å². The maximum atomic E-state index is 12.3. The number of rotatable bonds is 5. The summed E-state index contributed by atoms with van der Waals surface area (Å²) in [5.41, 5.74) is 1.33. The molecule has 0 aliphatic carbocycles. The van der Waals surface area contributed by atoms with Gasteiger partial charge >= 0.3 is 6.03 Å². The van der Waals surface area contributed by atoms with E-state index in [1.807, 2.05) is 12.1 Å². The fourth-order valence-corrected chi connectivity index (χ4v) is 3.68. The third kappa shape index (κ3) is 5.78. The number of aromatic nitrogens is 3. The summed E-state index contributed by atoms with van der Waals surface area (Å²) in [4.78, 5) is 26.1. The number of pyridine rings is 1. The van der Waals surface area contributed by atoms with Crippen molar-refractivity contribution in [3.63, 3.8) is 0 Å². The molecule has 0 saturated carbocycles. The smallest absolute Gasteiger partial charge is 0.325 e. The van der Waals surface area contributed by atoms with Gasteiger partial charge in [-0.2, -0.15) is 0 Å². The number of hydrogen-bond donors (Lipinski definition) is 3. The maximum Gasteiger partial charge on any atom is 0.325 e. The zero-order valence-electron chi connectivity index (χ0n) is 18.2. The van der Waals surface area contributed by atoms with Crippen molar-refractivity contribution in [3.05, 3.63) is 52.9 Å². The van der Waals surface area contributed by atoms with Crippen molar-refractivity contribution >= 4 is 40.3 Å². The highest BCUT2D eigenvalue weighted by Crippen LogP contribution is 2.25. The molecule has 168 valence electrons. The summed E-state index contributed by atoms with van der Waals surface area (Å²) in [6.45, 7) is 8.45. The molecule has 10 heteroatoms. The lowest BCUT2D eigenvalue weighted by Crippen LogP contribution is -2.33. The van der Waals surface area contributed by atoms with E-state index in [0.29, 0.717) is 23.3 Å². The molecule has 3 N–H and O–H groups in total. The summed E-state index contributed by atoms with van der Waals surface area (Å²) in [7, 11) is 0. The lowest BCUT2D eigenvalue weighted by atomic mass is 9.94. The van der Waals surface area contributed by atoms with Gasteiger partial charge in [0.05, 0.1) is 30.4 Å². The minimum Gasteiger partial charge on any atom is -0.441 e. The summed E-state index contributed by atoms with van der Waals surface area (Å²) in [5.74, 6) is 1.35. The van der Waals surface area contributed by atoms with E-state index < -0.39 is 0 Å². The van der Waals surface area contributed by atoms with Crippen LogP contribution in [0.1, 0.15) is 49.1 Å². The molecule has 1 fully saturated rings. The van der Waals surface area contributed by atoms with E-state index in [1.54, 1.807) is 30.7 Å². The van der Waals surface area contributed by atoms with Crippen molar-refractivity contribution < 1.29 is 13.9 Å². The van der Waals surface area contributed by atoms with E-state index in [-0.39, 0.29) is 17.6 Å². The van der Waals surface area contributed by atoms with Gasteiger partial charge in [0, 0.05) is 35.7 Å². The molecule has 4 rings (SSSR count). The quantitative estimate of drug-likeness (QED) is 0.527. The number of urea groups is 1. The molecule has 1 aliphatic heterocycles. The first-order chi connectivity index (χ1) is 15.4. The molecular weight excluding hydrogens is 428 g/mol. The lowest BCUT2D eigenvalue weighted by molar-refractivity contribution is 0.0250. The van der Waals surface area contributed by atoms with Crippen LogP contribution in [0.2, 0.25) is 0 Å². The number of nitrogens with one attached hydrogen (secondary N) is 3. The number of morpholine rings is 1. The van der Waals surface area contributed by atoms with Crippen LogP contribution in [0.3, 0.4) is 0 Å². The van der Waals surface area contributed by atoms with Crippen molar-refractivity contribution in [1.82, 2.24) is 20.3 Å². The van der Waals surface area contributed by atoms with Crippen LogP contribution in [-0.4, -0.2) is 40.7 Å². The molecule has 1 unspecified atom stereocenters. The Morgan fingerprint density at radius 3 is 2.72 bits per heavy atom. The molecule has 0 bridgehead atoms. The summed E-state index contributed by atoms with van der Waals surface area (Å²) in [6.07, 6.45) is 8.61. The predicted octanol–water partition coefficient (Wildman–Crippen LogP) is 4.30. The van der Waals surface area contributed by atoms with Gasteiger partial charge in [0.25, 0.3) is 0 Å².